The SMILES string of the molecule is CC1CCC(OC2CCN(C(=O)c3cccc(OCC(=O)O)c3)CC2)CC1. The predicted molar refractivity (Wildman–Crippen MR) is 101 cm³/mol. The standard InChI is InChI=1S/C21H29NO5/c1-15-5-7-17(8-6-15)27-18-9-11-22(12-10-18)21(25)16-3-2-4-19(13-16)26-14-20(23)24/h2-4,13,15,17-18H,5-12,14H2,1H3,(H,23,24). The van der Waals surface area contributed by atoms with Gasteiger partial charge in [-0.2, -0.15) is 0 Å². The van der Waals surface area contributed by atoms with Crippen molar-refractivity contribution >= 4 is 11.9 Å². The average molecular weight is 375 g/mol. The predicted octanol–water partition coefficient (Wildman–Crippen LogP) is 3.35. The Labute approximate surface area is 160 Å². The highest BCUT2D eigenvalue weighted by Gasteiger charge is 2.27. The summed E-state index contributed by atoms with van der Waals surface area (Å²) in [6.45, 7) is 3.27. The maximum atomic E-state index is 12.7. The Hall–Kier alpha value is -2.08. The molecule has 0 atom stereocenters. The van der Waals surface area contributed by atoms with Gasteiger partial charge < -0.3 is 19.5 Å². The molecule has 27 heavy (non-hydrogen) atoms. The number of hydrogen-bond acceptors (Lipinski definition) is 4. The third-order valence-corrected chi connectivity index (χ3v) is 5.52. The van der Waals surface area contributed by atoms with Gasteiger partial charge in [0, 0.05) is 18.7 Å². The average Bonchev–Trinajstić information content (AvgIpc) is 2.68. The van der Waals surface area contributed by atoms with Crippen LogP contribution < -0.4 is 4.74 Å². The van der Waals surface area contributed by atoms with Crippen molar-refractivity contribution in [2.24, 2.45) is 5.92 Å². The fourth-order valence-electron chi connectivity index (χ4n) is 3.88. The number of piperidine rings is 1. The van der Waals surface area contributed by atoms with Crippen LogP contribution in [0.4, 0.5) is 0 Å². The summed E-state index contributed by atoms with van der Waals surface area (Å²) >= 11 is 0. The molecule has 1 aliphatic heterocycles. The van der Waals surface area contributed by atoms with Crippen molar-refractivity contribution in [2.45, 2.75) is 57.7 Å². The summed E-state index contributed by atoms with van der Waals surface area (Å²) in [5.74, 6) is 0.134. The Morgan fingerprint density at radius 1 is 1.07 bits per heavy atom. The maximum absolute atomic E-state index is 12.7. The van der Waals surface area contributed by atoms with Gasteiger partial charge in [0.05, 0.1) is 12.2 Å². The van der Waals surface area contributed by atoms with Gasteiger partial charge >= 0.3 is 5.97 Å². The van der Waals surface area contributed by atoms with E-state index in [-0.39, 0.29) is 12.0 Å². The van der Waals surface area contributed by atoms with Gasteiger partial charge in [-0.15, -0.1) is 0 Å². The van der Waals surface area contributed by atoms with E-state index in [1.165, 1.54) is 12.8 Å². The van der Waals surface area contributed by atoms with Crippen molar-refractivity contribution < 1.29 is 24.2 Å². The van der Waals surface area contributed by atoms with Gasteiger partial charge in [0.25, 0.3) is 5.91 Å². The number of likely N-dealkylation sites (tertiary alicyclic amines) is 1. The Morgan fingerprint density at radius 2 is 1.74 bits per heavy atom. The second-order valence-corrected chi connectivity index (χ2v) is 7.72. The number of hydrogen-bond donors (Lipinski definition) is 1. The molecule has 1 saturated carbocycles. The maximum Gasteiger partial charge on any atom is 0.341 e. The number of rotatable bonds is 6. The zero-order valence-corrected chi connectivity index (χ0v) is 15.9. The van der Waals surface area contributed by atoms with Crippen LogP contribution in [0, 0.1) is 5.92 Å². The fourth-order valence-corrected chi connectivity index (χ4v) is 3.88. The van der Waals surface area contributed by atoms with Crippen LogP contribution in [0.25, 0.3) is 0 Å². The van der Waals surface area contributed by atoms with Crippen LogP contribution >= 0.6 is 0 Å². The molecule has 0 radical (unpaired) electrons. The smallest absolute Gasteiger partial charge is 0.341 e. The first kappa shape index (κ1) is 19.7. The van der Waals surface area contributed by atoms with Crippen molar-refractivity contribution in [2.75, 3.05) is 19.7 Å². The van der Waals surface area contributed by atoms with E-state index in [0.717, 1.165) is 31.6 Å². The van der Waals surface area contributed by atoms with Crippen molar-refractivity contribution in [1.29, 1.82) is 0 Å². The minimum Gasteiger partial charge on any atom is -0.482 e. The number of ether oxygens (including phenoxy) is 2. The van der Waals surface area contributed by atoms with E-state index < -0.39 is 12.6 Å². The number of nitrogens with zero attached hydrogens (tertiary/aromatic N) is 1. The monoisotopic (exact) mass is 375 g/mol. The number of carbonyl (C=O) groups is 2. The first-order valence-electron chi connectivity index (χ1n) is 9.90. The summed E-state index contributed by atoms with van der Waals surface area (Å²) in [4.78, 5) is 25.2. The highest BCUT2D eigenvalue weighted by atomic mass is 16.5. The van der Waals surface area contributed by atoms with Gasteiger partial charge in [0.1, 0.15) is 5.75 Å². The van der Waals surface area contributed by atoms with Gasteiger partial charge in [0.15, 0.2) is 6.61 Å². The summed E-state index contributed by atoms with van der Waals surface area (Å²) in [6, 6.07) is 6.72. The molecule has 2 aliphatic rings. The van der Waals surface area contributed by atoms with Crippen LogP contribution in [0.3, 0.4) is 0 Å². The molecule has 148 valence electrons. The molecule has 3 rings (SSSR count). The highest BCUT2D eigenvalue weighted by Crippen LogP contribution is 2.28. The molecule has 1 heterocycles. The first-order chi connectivity index (χ1) is 13.0. The molecule has 6 nitrogen and oxygen atoms in total. The van der Waals surface area contributed by atoms with E-state index in [1.54, 1.807) is 24.3 Å². The lowest BCUT2D eigenvalue weighted by molar-refractivity contribution is -0.139. The van der Waals surface area contributed by atoms with Crippen LogP contribution in [0.5, 0.6) is 5.75 Å². The van der Waals surface area contributed by atoms with E-state index in [2.05, 4.69) is 6.92 Å². The molecule has 1 aliphatic carbocycles. The number of carbonyl (C=O) groups excluding carboxylic acids is 1. The van der Waals surface area contributed by atoms with Crippen LogP contribution in [0.2, 0.25) is 0 Å². The third-order valence-electron chi connectivity index (χ3n) is 5.52. The van der Waals surface area contributed by atoms with Crippen LogP contribution in [0.1, 0.15) is 55.8 Å². The summed E-state index contributed by atoms with van der Waals surface area (Å²) in [5, 5.41) is 8.70. The van der Waals surface area contributed by atoms with E-state index >= 15 is 0 Å². The summed E-state index contributed by atoms with van der Waals surface area (Å²) in [5.41, 5.74) is 0.526. The Morgan fingerprint density at radius 3 is 2.41 bits per heavy atom. The Bertz CT molecular complexity index is 646. The molecule has 1 amide bonds. The molecule has 1 aromatic rings. The molecule has 0 unspecified atom stereocenters. The zero-order valence-electron chi connectivity index (χ0n) is 15.9. The molecule has 6 heteroatoms. The largest absolute Gasteiger partial charge is 0.482 e. The van der Waals surface area contributed by atoms with Crippen LogP contribution in [-0.4, -0.2) is 53.8 Å². The number of amides is 1. The molecule has 1 aromatic carbocycles. The fraction of sp³-hybridized carbons (Fsp3) is 0.619. The van der Waals surface area contributed by atoms with Crippen LogP contribution in [-0.2, 0) is 9.53 Å². The minimum atomic E-state index is -1.04. The lowest BCUT2D eigenvalue weighted by Crippen LogP contribution is -2.42. The van der Waals surface area contributed by atoms with Crippen LogP contribution in [0.15, 0.2) is 24.3 Å². The first-order valence-corrected chi connectivity index (χ1v) is 9.90. The molecule has 2 fully saturated rings. The number of carboxylic acids is 1. The number of benzene rings is 1. The summed E-state index contributed by atoms with van der Waals surface area (Å²) in [7, 11) is 0. The lowest BCUT2D eigenvalue weighted by Gasteiger charge is -2.35. The van der Waals surface area contributed by atoms with Crippen molar-refractivity contribution in [3.8, 4) is 5.75 Å². The minimum absolute atomic E-state index is 0.0410. The van der Waals surface area contributed by atoms with Gasteiger partial charge in [-0.3, -0.25) is 4.79 Å². The molecule has 0 aromatic heterocycles. The highest BCUT2D eigenvalue weighted by molar-refractivity contribution is 5.94. The Balaban J connectivity index is 1.48. The second kappa shape index (κ2) is 9.22. The van der Waals surface area contributed by atoms with Crippen molar-refractivity contribution in [3.05, 3.63) is 29.8 Å². The van der Waals surface area contributed by atoms with E-state index in [4.69, 9.17) is 14.6 Å². The van der Waals surface area contributed by atoms with Gasteiger partial charge in [-0.25, -0.2) is 4.79 Å². The van der Waals surface area contributed by atoms with Gasteiger partial charge in [-0.1, -0.05) is 13.0 Å². The molecule has 0 bridgehead atoms. The number of aliphatic carboxylic acids is 1. The van der Waals surface area contributed by atoms with Gasteiger partial charge in [0.2, 0.25) is 0 Å². The second-order valence-electron chi connectivity index (χ2n) is 7.72. The van der Waals surface area contributed by atoms with Crippen molar-refractivity contribution in [1.82, 2.24) is 4.90 Å². The van der Waals surface area contributed by atoms with E-state index in [9.17, 15) is 9.59 Å². The molecular weight excluding hydrogens is 346 g/mol. The van der Waals surface area contributed by atoms with E-state index in [0.29, 0.717) is 30.5 Å². The Kier molecular flexibility index (Phi) is 6.72. The summed E-state index contributed by atoms with van der Waals surface area (Å²) in [6.07, 6.45) is 7.19. The summed E-state index contributed by atoms with van der Waals surface area (Å²) < 4.78 is 11.4. The molecule has 0 spiro atoms. The van der Waals surface area contributed by atoms with Gasteiger partial charge in [-0.05, 0) is 62.6 Å². The van der Waals surface area contributed by atoms with Crippen molar-refractivity contribution in [3.63, 3.8) is 0 Å². The lowest BCUT2D eigenvalue weighted by atomic mass is 9.88. The number of carboxylic acid groups (broad SMARTS) is 1. The normalized spacial score (nSPS) is 23.8. The quantitative estimate of drug-likeness (QED) is 0.825. The van der Waals surface area contributed by atoms with E-state index in [1.807, 2.05) is 4.90 Å². The molecule has 1 saturated heterocycles. The molecular formula is C21H29NO5. The molecule has 1 N–H and O–H groups in total. The topological polar surface area (TPSA) is 76.1 Å². The third kappa shape index (κ3) is 5.70. The zero-order chi connectivity index (χ0) is 19.2.